The first-order chi connectivity index (χ1) is 8.69. The second kappa shape index (κ2) is 4.79. The first kappa shape index (κ1) is 12.4. The first-order valence-corrected chi connectivity index (χ1v) is 6.97. The van der Waals surface area contributed by atoms with Gasteiger partial charge in [-0.25, -0.2) is 0 Å². The molecule has 2 aliphatic heterocycles. The molecule has 3 fully saturated rings. The molecule has 102 valence electrons. The van der Waals surface area contributed by atoms with E-state index in [0.29, 0.717) is 6.04 Å². The topological polar surface area (TPSA) is 50.8 Å². The van der Waals surface area contributed by atoms with Crippen LogP contribution in [0.1, 0.15) is 32.1 Å². The lowest BCUT2D eigenvalue weighted by atomic mass is 9.89. The Balaban J connectivity index is 1.50. The SMILES string of the molecule is CN1CCC(NC2CCC3(CC2)OCCO3)C1=O. The van der Waals surface area contributed by atoms with Crippen molar-refractivity contribution in [3.63, 3.8) is 0 Å². The van der Waals surface area contributed by atoms with Gasteiger partial charge >= 0.3 is 0 Å². The van der Waals surface area contributed by atoms with Gasteiger partial charge < -0.3 is 19.7 Å². The zero-order chi connectivity index (χ0) is 12.6. The molecule has 1 amide bonds. The van der Waals surface area contributed by atoms with Gasteiger partial charge in [-0.3, -0.25) is 4.79 Å². The molecule has 1 N–H and O–H groups in total. The van der Waals surface area contributed by atoms with Gasteiger partial charge in [0.25, 0.3) is 0 Å². The highest BCUT2D eigenvalue weighted by atomic mass is 16.7. The van der Waals surface area contributed by atoms with Crippen LogP contribution in [0.3, 0.4) is 0 Å². The molecular formula is C13H22N2O3. The third-order valence-electron chi connectivity index (χ3n) is 4.43. The molecule has 18 heavy (non-hydrogen) atoms. The van der Waals surface area contributed by atoms with Crippen molar-refractivity contribution in [2.45, 2.75) is 50.0 Å². The van der Waals surface area contributed by atoms with Gasteiger partial charge in [0.2, 0.25) is 5.91 Å². The predicted octanol–water partition coefficient (Wildman–Crippen LogP) is 0.492. The molecule has 0 bridgehead atoms. The molecule has 3 rings (SSSR count). The van der Waals surface area contributed by atoms with Crippen LogP contribution < -0.4 is 5.32 Å². The van der Waals surface area contributed by atoms with Crippen LogP contribution >= 0.6 is 0 Å². The van der Waals surface area contributed by atoms with Gasteiger partial charge in [-0.05, 0) is 19.3 Å². The molecule has 1 spiro atoms. The largest absolute Gasteiger partial charge is 0.348 e. The van der Waals surface area contributed by atoms with Crippen molar-refractivity contribution in [2.24, 2.45) is 0 Å². The van der Waals surface area contributed by atoms with Crippen molar-refractivity contribution in [1.82, 2.24) is 10.2 Å². The van der Waals surface area contributed by atoms with Crippen LogP contribution in [0.4, 0.5) is 0 Å². The second-order valence-electron chi connectivity index (χ2n) is 5.65. The Morgan fingerprint density at radius 1 is 1.22 bits per heavy atom. The van der Waals surface area contributed by atoms with E-state index in [0.717, 1.165) is 51.9 Å². The van der Waals surface area contributed by atoms with Gasteiger partial charge in [0.05, 0.1) is 19.3 Å². The predicted molar refractivity (Wildman–Crippen MR) is 66.1 cm³/mol. The molecule has 0 aromatic heterocycles. The number of nitrogens with one attached hydrogen (secondary N) is 1. The Bertz CT molecular complexity index is 318. The van der Waals surface area contributed by atoms with E-state index in [4.69, 9.17) is 9.47 Å². The maximum Gasteiger partial charge on any atom is 0.239 e. The zero-order valence-electron chi connectivity index (χ0n) is 11.0. The summed E-state index contributed by atoms with van der Waals surface area (Å²) >= 11 is 0. The quantitative estimate of drug-likeness (QED) is 0.779. The maximum absolute atomic E-state index is 11.8. The summed E-state index contributed by atoms with van der Waals surface area (Å²) in [4.78, 5) is 13.7. The highest BCUT2D eigenvalue weighted by Gasteiger charge is 2.41. The normalized spacial score (nSPS) is 32.6. The fourth-order valence-corrected chi connectivity index (χ4v) is 3.27. The van der Waals surface area contributed by atoms with Crippen molar-refractivity contribution >= 4 is 5.91 Å². The average molecular weight is 254 g/mol. The van der Waals surface area contributed by atoms with Gasteiger partial charge in [0, 0.05) is 32.5 Å². The zero-order valence-corrected chi connectivity index (χ0v) is 11.0. The Morgan fingerprint density at radius 2 is 1.89 bits per heavy atom. The molecular weight excluding hydrogens is 232 g/mol. The number of hydrogen-bond acceptors (Lipinski definition) is 4. The smallest absolute Gasteiger partial charge is 0.239 e. The second-order valence-corrected chi connectivity index (χ2v) is 5.65. The molecule has 0 radical (unpaired) electrons. The molecule has 1 atom stereocenters. The number of carbonyl (C=O) groups is 1. The van der Waals surface area contributed by atoms with Crippen molar-refractivity contribution in [2.75, 3.05) is 26.8 Å². The maximum atomic E-state index is 11.8. The third-order valence-corrected chi connectivity index (χ3v) is 4.43. The number of carbonyl (C=O) groups excluding carboxylic acids is 1. The Morgan fingerprint density at radius 3 is 2.44 bits per heavy atom. The molecule has 1 saturated carbocycles. The van der Waals surface area contributed by atoms with Gasteiger partial charge in [-0.15, -0.1) is 0 Å². The van der Waals surface area contributed by atoms with Gasteiger partial charge in [-0.2, -0.15) is 0 Å². The highest BCUT2D eigenvalue weighted by Crippen LogP contribution is 2.36. The van der Waals surface area contributed by atoms with Crippen LogP contribution in [0.5, 0.6) is 0 Å². The number of likely N-dealkylation sites (N-methyl/N-ethyl adjacent to an activating group) is 1. The van der Waals surface area contributed by atoms with Crippen molar-refractivity contribution in [3.8, 4) is 0 Å². The van der Waals surface area contributed by atoms with Crippen molar-refractivity contribution < 1.29 is 14.3 Å². The Hall–Kier alpha value is -0.650. The Labute approximate surface area is 108 Å². The summed E-state index contributed by atoms with van der Waals surface area (Å²) in [6, 6.07) is 0.461. The van der Waals surface area contributed by atoms with E-state index in [-0.39, 0.29) is 17.7 Å². The summed E-state index contributed by atoms with van der Waals surface area (Å²) < 4.78 is 11.4. The van der Waals surface area contributed by atoms with E-state index in [1.165, 1.54) is 0 Å². The number of hydrogen-bond donors (Lipinski definition) is 1. The molecule has 0 aromatic carbocycles. The monoisotopic (exact) mass is 254 g/mol. The summed E-state index contributed by atoms with van der Waals surface area (Å²) in [7, 11) is 1.88. The van der Waals surface area contributed by atoms with Crippen molar-refractivity contribution in [3.05, 3.63) is 0 Å². The van der Waals surface area contributed by atoms with Gasteiger partial charge in [0.15, 0.2) is 5.79 Å². The van der Waals surface area contributed by atoms with Crippen LogP contribution in [0, 0.1) is 0 Å². The summed E-state index contributed by atoms with van der Waals surface area (Å²) in [6.07, 6.45) is 4.90. The number of ether oxygens (including phenoxy) is 2. The molecule has 5 nitrogen and oxygen atoms in total. The molecule has 2 saturated heterocycles. The highest BCUT2D eigenvalue weighted by molar-refractivity contribution is 5.83. The minimum Gasteiger partial charge on any atom is -0.348 e. The standard InChI is InChI=1S/C13H22N2O3/c1-15-7-4-11(12(15)16)14-10-2-5-13(6-3-10)17-8-9-18-13/h10-11,14H,2-9H2,1H3. The fourth-order valence-electron chi connectivity index (χ4n) is 3.27. The Kier molecular flexibility index (Phi) is 3.30. The molecule has 5 heteroatoms. The van der Waals surface area contributed by atoms with E-state index in [1.807, 2.05) is 11.9 Å². The number of rotatable bonds is 2. The average Bonchev–Trinajstić information content (AvgIpc) is 2.95. The fraction of sp³-hybridized carbons (Fsp3) is 0.923. The van der Waals surface area contributed by atoms with Crippen molar-refractivity contribution in [1.29, 1.82) is 0 Å². The summed E-state index contributed by atoms with van der Waals surface area (Å²) in [6.45, 7) is 2.33. The van der Waals surface area contributed by atoms with E-state index < -0.39 is 0 Å². The van der Waals surface area contributed by atoms with Crippen LogP contribution in [-0.2, 0) is 14.3 Å². The minimum atomic E-state index is -0.297. The molecule has 0 aromatic rings. The summed E-state index contributed by atoms with van der Waals surface area (Å²) in [5, 5.41) is 3.50. The summed E-state index contributed by atoms with van der Waals surface area (Å²) in [5.74, 6) is -0.0575. The number of nitrogens with zero attached hydrogens (tertiary/aromatic N) is 1. The third kappa shape index (κ3) is 2.27. The van der Waals surface area contributed by atoms with E-state index in [1.54, 1.807) is 0 Å². The molecule has 2 heterocycles. The van der Waals surface area contributed by atoms with Crippen LogP contribution in [0.25, 0.3) is 0 Å². The first-order valence-electron chi connectivity index (χ1n) is 6.97. The van der Waals surface area contributed by atoms with Gasteiger partial charge in [-0.1, -0.05) is 0 Å². The van der Waals surface area contributed by atoms with Crippen LogP contribution in [-0.4, -0.2) is 55.5 Å². The molecule has 1 unspecified atom stereocenters. The number of amides is 1. The van der Waals surface area contributed by atoms with Crippen LogP contribution in [0.15, 0.2) is 0 Å². The lowest BCUT2D eigenvalue weighted by Crippen LogP contribution is -2.47. The lowest BCUT2D eigenvalue weighted by molar-refractivity contribution is -0.179. The van der Waals surface area contributed by atoms with Gasteiger partial charge in [0.1, 0.15) is 0 Å². The van der Waals surface area contributed by atoms with E-state index in [2.05, 4.69) is 5.32 Å². The van der Waals surface area contributed by atoms with E-state index in [9.17, 15) is 4.79 Å². The number of likely N-dealkylation sites (tertiary alicyclic amines) is 1. The van der Waals surface area contributed by atoms with Crippen LogP contribution in [0.2, 0.25) is 0 Å². The minimum absolute atomic E-state index is 0.0273. The van der Waals surface area contributed by atoms with E-state index >= 15 is 0 Å². The lowest BCUT2D eigenvalue weighted by Gasteiger charge is -2.36. The summed E-state index contributed by atoms with van der Waals surface area (Å²) in [5.41, 5.74) is 0. The molecule has 3 aliphatic rings. The molecule has 1 aliphatic carbocycles.